The molecule has 0 heterocycles. The van der Waals surface area contributed by atoms with Gasteiger partial charge in [-0.25, -0.2) is 0 Å². The maximum atomic E-state index is 9.92. The van der Waals surface area contributed by atoms with Gasteiger partial charge >= 0.3 is 0 Å². The Kier molecular flexibility index (Phi) is 5.42. The van der Waals surface area contributed by atoms with Crippen LogP contribution in [0.25, 0.3) is 10.8 Å². The summed E-state index contributed by atoms with van der Waals surface area (Å²) in [5.41, 5.74) is 0. The van der Waals surface area contributed by atoms with E-state index in [2.05, 4.69) is 5.32 Å². The van der Waals surface area contributed by atoms with E-state index in [1.807, 2.05) is 50.2 Å². The molecule has 0 saturated heterocycles. The second-order valence-electron chi connectivity index (χ2n) is 5.37. The maximum Gasteiger partial charge on any atom is 0.127 e. The van der Waals surface area contributed by atoms with Crippen molar-refractivity contribution in [1.29, 1.82) is 0 Å². The normalized spacial score (nSPS) is 12.6. The quantitative estimate of drug-likeness (QED) is 0.822. The van der Waals surface area contributed by atoms with Gasteiger partial charge in [-0.3, -0.25) is 0 Å². The molecule has 4 nitrogen and oxygen atoms in total. The fraction of sp³-hybridized carbons (Fsp3) is 0.412. The Balaban J connectivity index is 2.07. The van der Waals surface area contributed by atoms with Crippen LogP contribution in [0.5, 0.6) is 11.5 Å². The van der Waals surface area contributed by atoms with Crippen LogP contribution in [0.15, 0.2) is 36.4 Å². The summed E-state index contributed by atoms with van der Waals surface area (Å²) in [7, 11) is 1.64. The molecule has 0 bridgehead atoms. The average molecular weight is 289 g/mol. The van der Waals surface area contributed by atoms with Crippen molar-refractivity contribution in [3.63, 3.8) is 0 Å². The van der Waals surface area contributed by atoms with Gasteiger partial charge in [0, 0.05) is 18.0 Å². The lowest BCUT2D eigenvalue weighted by atomic mass is 10.1. The van der Waals surface area contributed by atoms with E-state index in [0.717, 1.165) is 22.3 Å². The van der Waals surface area contributed by atoms with Crippen molar-refractivity contribution in [2.24, 2.45) is 0 Å². The number of benzene rings is 2. The van der Waals surface area contributed by atoms with E-state index in [4.69, 9.17) is 9.47 Å². The highest BCUT2D eigenvalue weighted by atomic mass is 16.5. The molecule has 0 fully saturated rings. The summed E-state index contributed by atoms with van der Waals surface area (Å²) in [5.74, 6) is 1.55. The van der Waals surface area contributed by atoms with Crippen LogP contribution < -0.4 is 14.8 Å². The second-order valence-corrected chi connectivity index (χ2v) is 5.37. The Bertz CT molecular complexity index is 583. The summed E-state index contributed by atoms with van der Waals surface area (Å²) in [4.78, 5) is 0. The van der Waals surface area contributed by atoms with Gasteiger partial charge in [-0.1, -0.05) is 32.0 Å². The molecule has 0 saturated carbocycles. The average Bonchev–Trinajstić information content (AvgIpc) is 2.50. The third-order valence-electron chi connectivity index (χ3n) is 3.24. The first-order valence-corrected chi connectivity index (χ1v) is 7.21. The Hall–Kier alpha value is -1.78. The van der Waals surface area contributed by atoms with Gasteiger partial charge in [0.05, 0.1) is 7.11 Å². The summed E-state index contributed by atoms with van der Waals surface area (Å²) in [6.45, 7) is 4.87. The predicted octanol–water partition coefficient (Wildman–Crippen LogP) is 2.59. The highest BCUT2D eigenvalue weighted by Crippen LogP contribution is 2.29. The van der Waals surface area contributed by atoms with Gasteiger partial charge in [-0.15, -0.1) is 0 Å². The lowest BCUT2D eigenvalue weighted by Crippen LogP contribution is -2.35. The van der Waals surface area contributed by atoms with Crippen LogP contribution in [0.4, 0.5) is 0 Å². The summed E-state index contributed by atoms with van der Waals surface area (Å²) >= 11 is 0. The van der Waals surface area contributed by atoms with E-state index in [9.17, 15) is 5.11 Å². The highest BCUT2D eigenvalue weighted by Gasteiger charge is 2.08. The van der Waals surface area contributed by atoms with E-state index in [1.54, 1.807) is 7.11 Å². The number of aliphatic hydroxyl groups excluding tert-OH is 1. The molecular formula is C17H23NO3. The van der Waals surface area contributed by atoms with Gasteiger partial charge in [0.2, 0.25) is 0 Å². The number of fused-ring (bicyclic) bond motifs is 1. The summed E-state index contributed by atoms with van der Waals surface area (Å²) in [6, 6.07) is 12.1. The van der Waals surface area contributed by atoms with Crippen molar-refractivity contribution in [3.8, 4) is 11.5 Å². The SMILES string of the molecule is COc1ccc2cccc(OC[C@@H](O)CNC(C)C)c2c1. The van der Waals surface area contributed by atoms with Crippen LogP contribution in [0.1, 0.15) is 13.8 Å². The van der Waals surface area contributed by atoms with Gasteiger partial charge in [-0.2, -0.15) is 0 Å². The van der Waals surface area contributed by atoms with E-state index in [-0.39, 0.29) is 6.61 Å². The summed E-state index contributed by atoms with van der Waals surface area (Å²) < 4.78 is 11.0. The minimum atomic E-state index is -0.534. The molecule has 21 heavy (non-hydrogen) atoms. The third-order valence-corrected chi connectivity index (χ3v) is 3.24. The fourth-order valence-corrected chi connectivity index (χ4v) is 2.09. The molecule has 0 radical (unpaired) electrons. The first-order valence-electron chi connectivity index (χ1n) is 7.21. The Morgan fingerprint density at radius 1 is 1.19 bits per heavy atom. The molecule has 2 aromatic carbocycles. The molecular weight excluding hydrogens is 266 g/mol. The van der Waals surface area contributed by atoms with Crippen molar-refractivity contribution < 1.29 is 14.6 Å². The van der Waals surface area contributed by atoms with Gasteiger partial charge in [0.25, 0.3) is 0 Å². The lowest BCUT2D eigenvalue weighted by molar-refractivity contribution is 0.105. The number of aliphatic hydroxyl groups is 1. The second kappa shape index (κ2) is 7.29. The van der Waals surface area contributed by atoms with Crippen LogP contribution in [-0.4, -0.2) is 37.5 Å². The van der Waals surface area contributed by atoms with Crippen molar-refractivity contribution in [2.75, 3.05) is 20.3 Å². The van der Waals surface area contributed by atoms with E-state index < -0.39 is 6.10 Å². The van der Waals surface area contributed by atoms with Crippen LogP contribution in [-0.2, 0) is 0 Å². The zero-order valence-electron chi connectivity index (χ0n) is 12.8. The monoisotopic (exact) mass is 289 g/mol. The minimum Gasteiger partial charge on any atom is -0.497 e. The van der Waals surface area contributed by atoms with E-state index in [1.165, 1.54) is 0 Å². The number of rotatable bonds is 7. The van der Waals surface area contributed by atoms with Crippen LogP contribution in [0.3, 0.4) is 0 Å². The van der Waals surface area contributed by atoms with Crippen LogP contribution in [0, 0.1) is 0 Å². The molecule has 0 spiro atoms. The topological polar surface area (TPSA) is 50.7 Å². The first-order chi connectivity index (χ1) is 10.1. The molecule has 2 rings (SSSR count). The van der Waals surface area contributed by atoms with Crippen molar-refractivity contribution in [3.05, 3.63) is 36.4 Å². The Labute approximate surface area is 125 Å². The van der Waals surface area contributed by atoms with Crippen molar-refractivity contribution in [2.45, 2.75) is 26.0 Å². The highest BCUT2D eigenvalue weighted by molar-refractivity contribution is 5.89. The van der Waals surface area contributed by atoms with Crippen LogP contribution in [0.2, 0.25) is 0 Å². The van der Waals surface area contributed by atoms with Gasteiger partial charge in [-0.05, 0) is 23.6 Å². The molecule has 0 aromatic heterocycles. The summed E-state index contributed by atoms with van der Waals surface area (Å²) in [6.07, 6.45) is -0.534. The predicted molar refractivity (Wildman–Crippen MR) is 85.1 cm³/mol. The van der Waals surface area contributed by atoms with Gasteiger partial charge in [0.1, 0.15) is 24.2 Å². The number of hydrogen-bond donors (Lipinski definition) is 2. The Morgan fingerprint density at radius 3 is 2.71 bits per heavy atom. The molecule has 2 aromatic rings. The number of ether oxygens (including phenoxy) is 2. The fourth-order valence-electron chi connectivity index (χ4n) is 2.09. The molecule has 0 unspecified atom stereocenters. The first kappa shape index (κ1) is 15.6. The van der Waals surface area contributed by atoms with Crippen molar-refractivity contribution in [1.82, 2.24) is 5.32 Å². The van der Waals surface area contributed by atoms with Crippen molar-refractivity contribution >= 4 is 10.8 Å². The Morgan fingerprint density at radius 2 is 2.00 bits per heavy atom. The molecule has 114 valence electrons. The molecule has 0 aliphatic carbocycles. The standard InChI is InChI=1S/C17H23NO3/c1-12(2)18-10-14(19)11-21-17-6-4-5-13-7-8-15(20-3)9-16(13)17/h4-9,12,14,18-19H,10-11H2,1-3H3/t14-/m0/s1. The molecule has 1 atom stereocenters. The zero-order valence-corrected chi connectivity index (χ0v) is 12.8. The summed E-state index contributed by atoms with van der Waals surface area (Å²) in [5, 5.41) is 15.2. The molecule has 4 heteroatoms. The zero-order chi connectivity index (χ0) is 15.2. The minimum absolute atomic E-state index is 0.260. The smallest absolute Gasteiger partial charge is 0.127 e. The largest absolute Gasteiger partial charge is 0.497 e. The molecule has 0 aliphatic rings. The van der Waals surface area contributed by atoms with E-state index >= 15 is 0 Å². The maximum absolute atomic E-state index is 9.92. The number of methoxy groups -OCH3 is 1. The number of hydrogen-bond acceptors (Lipinski definition) is 4. The van der Waals surface area contributed by atoms with Gasteiger partial charge < -0.3 is 19.9 Å². The molecule has 2 N–H and O–H groups in total. The number of nitrogens with one attached hydrogen (secondary N) is 1. The molecule has 0 amide bonds. The van der Waals surface area contributed by atoms with Crippen LogP contribution >= 0.6 is 0 Å². The van der Waals surface area contributed by atoms with Gasteiger partial charge in [0.15, 0.2) is 0 Å². The van der Waals surface area contributed by atoms with E-state index in [0.29, 0.717) is 12.6 Å². The lowest BCUT2D eigenvalue weighted by Gasteiger charge is -2.16. The third kappa shape index (κ3) is 4.34. The molecule has 0 aliphatic heterocycles.